The quantitative estimate of drug-likeness (QED) is 0.683. The van der Waals surface area contributed by atoms with E-state index in [0.717, 1.165) is 6.42 Å². The summed E-state index contributed by atoms with van der Waals surface area (Å²) in [5, 5.41) is 0.566. The lowest BCUT2D eigenvalue weighted by atomic mass is 10.1. The molecule has 1 aromatic heterocycles. The van der Waals surface area contributed by atoms with Crippen LogP contribution in [0.15, 0.2) is 22.1 Å². The maximum Gasteiger partial charge on any atom is 0.255 e. The molecule has 0 saturated heterocycles. The molecular formula is C9H13NO2S. The Morgan fingerprint density at radius 1 is 1.77 bits per heavy atom. The van der Waals surface area contributed by atoms with E-state index in [0.29, 0.717) is 11.0 Å². The molecule has 0 aliphatic carbocycles. The van der Waals surface area contributed by atoms with E-state index in [4.69, 9.17) is 4.42 Å². The number of thioether (sulfide) groups is 1. The van der Waals surface area contributed by atoms with E-state index in [2.05, 4.69) is 4.98 Å². The second-order valence-corrected chi connectivity index (χ2v) is 3.79. The number of Topliss-reactive ketones (excluding diaryl/α,β-unsaturated/α-hetero) is 1. The van der Waals surface area contributed by atoms with Crippen molar-refractivity contribution < 1.29 is 9.21 Å². The lowest BCUT2D eigenvalue weighted by Gasteiger charge is -2.04. The van der Waals surface area contributed by atoms with Gasteiger partial charge < -0.3 is 4.42 Å². The molecule has 1 heterocycles. The number of nitrogens with zero attached hydrogens (tertiary/aromatic N) is 1. The zero-order valence-corrected chi connectivity index (χ0v) is 8.63. The SMILES string of the molecule is CCC(C)C(=O)CSc1ncco1. The number of rotatable bonds is 5. The topological polar surface area (TPSA) is 43.1 Å². The molecule has 1 aromatic rings. The Morgan fingerprint density at radius 3 is 3.08 bits per heavy atom. The van der Waals surface area contributed by atoms with Crippen LogP contribution in [0.5, 0.6) is 0 Å². The maximum absolute atomic E-state index is 11.4. The van der Waals surface area contributed by atoms with Crippen LogP contribution in [0.25, 0.3) is 0 Å². The Hall–Kier alpha value is -0.770. The van der Waals surface area contributed by atoms with Gasteiger partial charge in [0.15, 0.2) is 0 Å². The summed E-state index contributed by atoms with van der Waals surface area (Å²) >= 11 is 1.35. The van der Waals surface area contributed by atoms with Gasteiger partial charge in [0.05, 0.1) is 11.9 Å². The highest BCUT2D eigenvalue weighted by Crippen LogP contribution is 2.16. The number of hydrogen-bond donors (Lipinski definition) is 0. The Bertz CT molecular complexity index is 259. The maximum atomic E-state index is 11.4. The first-order chi connectivity index (χ1) is 6.24. The summed E-state index contributed by atoms with van der Waals surface area (Å²) in [5.41, 5.74) is 0. The minimum Gasteiger partial charge on any atom is -0.440 e. The molecule has 3 nitrogen and oxygen atoms in total. The van der Waals surface area contributed by atoms with E-state index in [1.165, 1.54) is 18.0 Å². The van der Waals surface area contributed by atoms with Gasteiger partial charge in [-0.1, -0.05) is 25.6 Å². The summed E-state index contributed by atoms with van der Waals surface area (Å²) in [6.45, 7) is 3.96. The van der Waals surface area contributed by atoms with E-state index in [-0.39, 0.29) is 11.7 Å². The largest absolute Gasteiger partial charge is 0.440 e. The fourth-order valence-corrected chi connectivity index (χ4v) is 1.59. The normalized spacial score (nSPS) is 12.8. The zero-order valence-electron chi connectivity index (χ0n) is 7.82. The highest BCUT2D eigenvalue weighted by atomic mass is 32.2. The smallest absolute Gasteiger partial charge is 0.255 e. The lowest BCUT2D eigenvalue weighted by molar-refractivity contribution is -0.119. The number of hydrogen-bond acceptors (Lipinski definition) is 4. The number of carbonyl (C=O) groups excluding carboxylic acids is 1. The van der Waals surface area contributed by atoms with Crippen molar-refractivity contribution in [3.8, 4) is 0 Å². The standard InChI is InChI=1S/C9H13NO2S/c1-3-7(2)8(11)6-13-9-10-4-5-12-9/h4-5,7H,3,6H2,1-2H3. The van der Waals surface area contributed by atoms with Gasteiger partial charge in [-0.05, 0) is 6.42 Å². The van der Waals surface area contributed by atoms with Gasteiger partial charge >= 0.3 is 0 Å². The van der Waals surface area contributed by atoms with E-state index in [1.807, 2.05) is 13.8 Å². The van der Waals surface area contributed by atoms with Crippen LogP contribution < -0.4 is 0 Å². The zero-order chi connectivity index (χ0) is 9.68. The van der Waals surface area contributed by atoms with E-state index < -0.39 is 0 Å². The van der Waals surface area contributed by atoms with Gasteiger partial charge in [-0.2, -0.15) is 0 Å². The predicted molar refractivity (Wildman–Crippen MR) is 51.7 cm³/mol. The molecule has 1 unspecified atom stereocenters. The van der Waals surface area contributed by atoms with Crippen molar-refractivity contribution in [1.29, 1.82) is 0 Å². The van der Waals surface area contributed by atoms with Crippen molar-refractivity contribution in [1.82, 2.24) is 4.98 Å². The molecule has 0 radical (unpaired) electrons. The molecule has 1 atom stereocenters. The minimum atomic E-state index is 0.141. The summed E-state index contributed by atoms with van der Waals surface area (Å²) in [6.07, 6.45) is 3.98. The molecule has 0 N–H and O–H groups in total. The lowest BCUT2D eigenvalue weighted by Crippen LogP contribution is -2.12. The molecule has 1 rings (SSSR count). The molecule has 72 valence electrons. The van der Waals surface area contributed by atoms with Crippen molar-refractivity contribution >= 4 is 17.5 Å². The average Bonchev–Trinajstić information content (AvgIpc) is 2.65. The van der Waals surface area contributed by atoms with Gasteiger partial charge in [-0.25, -0.2) is 4.98 Å². The van der Waals surface area contributed by atoms with Crippen LogP contribution in [-0.4, -0.2) is 16.5 Å². The average molecular weight is 199 g/mol. The first-order valence-corrected chi connectivity index (χ1v) is 5.27. The molecule has 0 fully saturated rings. The van der Waals surface area contributed by atoms with E-state index >= 15 is 0 Å². The summed E-state index contributed by atoms with van der Waals surface area (Å²) in [4.78, 5) is 15.3. The van der Waals surface area contributed by atoms with E-state index in [1.54, 1.807) is 6.20 Å². The van der Waals surface area contributed by atoms with E-state index in [9.17, 15) is 4.79 Å². The molecule has 4 heteroatoms. The molecular weight excluding hydrogens is 186 g/mol. The Kier molecular flexibility index (Phi) is 4.02. The summed E-state index contributed by atoms with van der Waals surface area (Å²) in [6, 6.07) is 0. The van der Waals surface area contributed by atoms with Crippen LogP contribution in [0.4, 0.5) is 0 Å². The fourth-order valence-electron chi connectivity index (χ4n) is 0.784. The highest BCUT2D eigenvalue weighted by Gasteiger charge is 2.11. The van der Waals surface area contributed by atoms with Crippen molar-refractivity contribution in [2.75, 3.05) is 5.75 Å². The number of carbonyl (C=O) groups is 1. The Labute approximate surface area is 81.9 Å². The second kappa shape index (κ2) is 5.07. The van der Waals surface area contributed by atoms with Gasteiger partial charge in [0, 0.05) is 5.92 Å². The molecule has 13 heavy (non-hydrogen) atoms. The van der Waals surface area contributed by atoms with Gasteiger partial charge in [-0.3, -0.25) is 4.79 Å². The highest BCUT2D eigenvalue weighted by molar-refractivity contribution is 7.99. The Morgan fingerprint density at radius 2 is 2.54 bits per heavy atom. The van der Waals surface area contributed by atoms with Crippen LogP contribution in [0, 0.1) is 5.92 Å². The molecule has 0 amide bonds. The third kappa shape index (κ3) is 3.22. The van der Waals surface area contributed by atoms with Crippen molar-refractivity contribution in [2.24, 2.45) is 5.92 Å². The van der Waals surface area contributed by atoms with Gasteiger partial charge in [0.25, 0.3) is 5.22 Å². The minimum absolute atomic E-state index is 0.141. The molecule has 0 aromatic carbocycles. The second-order valence-electron chi connectivity index (χ2n) is 2.86. The van der Waals surface area contributed by atoms with Crippen LogP contribution in [0.1, 0.15) is 20.3 Å². The summed E-state index contributed by atoms with van der Waals surface area (Å²) in [7, 11) is 0. The fraction of sp³-hybridized carbons (Fsp3) is 0.556. The monoisotopic (exact) mass is 199 g/mol. The third-order valence-electron chi connectivity index (χ3n) is 1.91. The summed E-state index contributed by atoms with van der Waals surface area (Å²) in [5.74, 6) is 0.850. The van der Waals surface area contributed by atoms with Gasteiger partial charge in [0.2, 0.25) is 0 Å². The molecule has 0 aliphatic rings. The number of ketones is 1. The van der Waals surface area contributed by atoms with Gasteiger partial charge in [-0.15, -0.1) is 0 Å². The number of oxazole rings is 1. The summed E-state index contributed by atoms with van der Waals surface area (Å²) < 4.78 is 5.00. The van der Waals surface area contributed by atoms with Crippen LogP contribution >= 0.6 is 11.8 Å². The number of aromatic nitrogens is 1. The van der Waals surface area contributed by atoms with Crippen LogP contribution in [0.3, 0.4) is 0 Å². The van der Waals surface area contributed by atoms with Crippen molar-refractivity contribution in [3.05, 3.63) is 12.5 Å². The first-order valence-electron chi connectivity index (χ1n) is 4.29. The van der Waals surface area contributed by atoms with Crippen LogP contribution in [0.2, 0.25) is 0 Å². The van der Waals surface area contributed by atoms with Crippen molar-refractivity contribution in [2.45, 2.75) is 25.5 Å². The van der Waals surface area contributed by atoms with Gasteiger partial charge in [0.1, 0.15) is 12.0 Å². The molecule has 0 spiro atoms. The molecule has 0 bridgehead atoms. The molecule has 0 aliphatic heterocycles. The Balaban J connectivity index is 2.31. The predicted octanol–water partition coefficient (Wildman–Crippen LogP) is 2.38. The molecule has 0 saturated carbocycles. The van der Waals surface area contributed by atoms with Crippen LogP contribution in [-0.2, 0) is 4.79 Å². The first kappa shape index (κ1) is 10.3. The third-order valence-corrected chi connectivity index (χ3v) is 2.79. The van der Waals surface area contributed by atoms with Crippen molar-refractivity contribution in [3.63, 3.8) is 0 Å².